The molecule has 4 heteroatoms. The second kappa shape index (κ2) is 5.96. The van der Waals surface area contributed by atoms with E-state index in [0.29, 0.717) is 16.8 Å². The number of amides is 1. The van der Waals surface area contributed by atoms with Crippen molar-refractivity contribution in [1.29, 1.82) is 0 Å². The summed E-state index contributed by atoms with van der Waals surface area (Å²) in [6.45, 7) is 0. The van der Waals surface area contributed by atoms with Gasteiger partial charge >= 0.3 is 5.63 Å². The zero-order valence-corrected chi connectivity index (χ0v) is 13.2. The topological polar surface area (TPSA) is 59.3 Å². The Hall–Kier alpha value is -2.88. The normalized spacial score (nSPS) is 13.5. The Bertz CT molecular complexity index is 988. The molecule has 3 aromatic rings. The van der Waals surface area contributed by atoms with E-state index in [0.717, 1.165) is 18.2 Å². The molecule has 4 nitrogen and oxygen atoms in total. The first-order chi connectivity index (χ1) is 11.7. The van der Waals surface area contributed by atoms with Crippen molar-refractivity contribution in [3.05, 3.63) is 75.6 Å². The molecule has 0 atom stereocenters. The van der Waals surface area contributed by atoms with E-state index in [1.807, 2.05) is 12.1 Å². The monoisotopic (exact) mass is 319 g/mol. The van der Waals surface area contributed by atoms with Crippen LogP contribution in [0.1, 0.15) is 34.3 Å². The van der Waals surface area contributed by atoms with Crippen LogP contribution in [0.2, 0.25) is 0 Å². The maximum atomic E-state index is 12.5. The van der Waals surface area contributed by atoms with Crippen molar-refractivity contribution in [3.8, 4) is 0 Å². The number of anilines is 1. The van der Waals surface area contributed by atoms with Gasteiger partial charge in [0, 0.05) is 22.7 Å². The van der Waals surface area contributed by atoms with Crippen LogP contribution >= 0.6 is 0 Å². The Labute approximate surface area is 139 Å². The van der Waals surface area contributed by atoms with Crippen LogP contribution in [0.25, 0.3) is 11.0 Å². The highest BCUT2D eigenvalue weighted by atomic mass is 16.4. The summed E-state index contributed by atoms with van der Waals surface area (Å²) in [6, 6.07) is 14.3. The highest BCUT2D eigenvalue weighted by Crippen LogP contribution is 2.23. The van der Waals surface area contributed by atoms with E-state index < -0.39 is 0 Å². The first-order valence-electron chi connectivity index (χ1n) is 8.16. The molecule has 0 spiro atoms. The molecule has 120 valence electrons. The van der Waals surface area contributed by atoms with E-state index >= 15 is 0 Å². The van der Waals surface area contributed by atoms with Gasteiger partial charge in [0.2, 0.25) is 0 Å². The van der Waals surface area contributed by atoms with Crippen molar-refractivity contribution in [2.75, 3.05) is 5.32 Å². The van der Waals surface area contributed by atoms with Crippen LogP contribution in [0.15, 0.2) is 57.7 Å². The molecule has 1 N–H and O–H groups in total. The average Bonchev–Trinajstić information content (AvgIpc) is 2.61. The molecule has 0 fully saturated rings. The molecule has 24 heavy (non-hydrogen) atoms. The zero-order valence-electron chi connectivity index (χ0n) is 13.2. The standard InChI is InChI=1S/C20H17NO3/c22-19-10-7-15-12-17(8-9-18(15)24-19)21-20(23)16-6-5-13-3-1-2-4-14(13)11-16/h5-12H,1-4H2,(H,21,23). The average molecular weight is 319 g/mol. The molecule has 1 heterocycles. The van der Waals surface area contributed by atoms with Crippen LogP contribution in [0, 0.1) is 0 Å². The van der Waals surface area contributed by atoms with Crippen molar-refractivity contribution < 1.29 is 9.21 Å². The highest BCUT2D eigenvalue weighted by Gasteiger charge is 2.13. The van der Waals surface area contributed by atoms with Crippen LogP contribution in [-0.4, -0.2) is 5.91 Å². The quantitative estimate of drug-likeness (QED) is 0.728. The second-order valence-corrected chi connectivity index (χ2v) is 6.15. The van der Waals surface area contributed by atoms with E-state index in [1.165, 1.54) is 30.0 Å². The minimum atomic E-state index is -0.381. The summed E-state index contributed by atoms with van der Waals surface area (Å²) < 4.78 is 5.10. The lowest BCUT2D eigenvalue weighted by Crippen LogP contribution is -2.13. The van der Waals surface area contributed by atoms with Gasteiger partial charge in [0.25, 0.3) is 5.91 Å². The Morgan fingerprint density at radius 3 is 2.62 bits per heavy atom. The van der Waals surface area contributed by atoms with Gasteiger partial charge in [-0.05, 0) is 73.2 Å². The Morgan fingerprint density at radius 2 is 1.75 bits per heavy atom. The Balaban J connectivity index is 1.59. The number of nitrogens with one attached hydrogen (secondary N) is 1. The van der Waals surface area contributed by atoms with Crippen molar-refractivity contribution >= 4 is 22.6 Å². The van der Waals surface area contributed by atoms with Gasteiger partial charge in [0.1, 0.15) is 5.58 Å². The molecule has 4 rings (SSSR count). The Morgan fingerprint density at radius 1 is 0.917 bits per heavy atom. The molecular formula is C20H17NO3. The van der Waals surface area contributed by atoms with Gasteiger partial charge < -0.3 is 9.73 Å². The molecule has 0 saturated heterocycles. The summed E-state index contributed by atoms with van der Waals surface area (Å²) in [5.41, 5.74) is 4.13. The van der Waals surface area contributed by atoms with Gasteiger partial charge in [0.15, 0.2) is 0 Å². The first-order valence-corrected chi connectivity index (χ1v) is 8.16. The van der Waals surface area contributed by atoms with Crippen LogP contribution in [0.5, 0.6) is 0 Å². The third-order valence-corrected chi connectivity index (χ3v) is 4.49. The molecule has 2 aromatic carbocycles. The second-order valence-electron chi connectivity index (χ2n) is 6.15. The van der Waals surface area contributed by atoms with Crippen molar-refractivity contribution in [2.45, 2.75) is 25.7 Å². The van der Waals surface area contributed by atoms with E-state index in [1.54, 1.807) is 24.3 Å². The molecule has 1 amide bonds. The van der Waals surface area contributed by atoms with E-state index in [9.17, 15) is 9.59 Å². The third-order valence-electron chi connectivity index (χ3n) is 4.49. The molecule has 1 aliphatic carbocycles. The summed E-state index contributed by atoms with van der Waals surface area (Å²) in [7, 11) is 0. The fourth-order valence-electron chi connectivity index (χ4n) is 3.23. The van der Waals surface area contributed by atoms with E-state index in [-0.39, 0.29) is 11.5 Å². The number of aryl methyl sites for hydroxylation is 2. The number of hydrogen-bond donors (Lipinski definition) is 1. The SMILES string of the molecule is O=C(Nc1ccc2oc(=O)ccc2c1)c1ccc2c(c1)CCCC2. The summed E-state index contributed by atoms with van der Waals surface area (Å²) >= 11 is 0. The highest BCUT2D eigenvalue weighted by molar-refractivity contribution is 6.05. The lowest BCUT2D eigenvalue weighted by atomic mass is 9.90. The molecule has 0 radical (unpaired) electrons. The summed E-state index contributed by atoms with van der Waals surface area (Å²) in [4.78, 5) is 23.7. The van der Waals surface area contributed by atoms with Crippen LogP contribution in [0.4, 0.5) is 5.69 Å². The smallest absolute Gasteiger partial charge is 0.336 e. The van der Waals surface area contributed by atoms with Gasteiger partial charge in [-0.25, -0.2) is 4.79 Å². The number of rotatable bonds is 2. The van der Waals surface area contributed by atoms with Gasteiger partial charge in [-0.1, -0.05) is 6.07 Å². The largest absolute Gasteiger partial charge is 0.423 e. The predicted octanol–water partition coefficient (Wildman–Crippen LogP) is 3.92. The van der Waals surface area contributed by atoms with Crippen LogP contribution < -0.4 is 10.9 Å². The maximum Gasteiger partial charge on any atom is 0.336 e. The summed E-state index contributed by atoms with van der Waals surface area (Å²) in [6.07, 6.45) is 4.57. The predicted molar refractivity (Wildman–Crippen MR) is 93.5 cm³/mol. The minimum absolute atomic E-state index is 0.125. The van der Waals surface area contributed by atoms with Crippen LogP contribution in [-0.2, 0) is 12.8 Å². The number of benzene rings is 2. The molecule has 0 unspecified atom stereocenters. The lowest BCUT2D eigenvalue weighted by molar-refractivity contribution is 0.102. The van der Waals surface area contributed by atoms with Crippen molar-refractivity contribution in [1.82, 2.24) is 0 Å². The number of fused-ring (bicyclic) bond motifs is 2. The fraction of sp³-hybridized carbons (Fsp3) is 0.200. The summed E-state index contributed by atoms with van der Waals surface area (Å²) in [5, 5.41) is 3.69. The van der Waals surface area contributed by atoms with E-state index in [4.69, 9.17) is 4.42 Å². The number of hydrogen-bond acceptors (Lipinski definition) is 3. The summed E-state index contributed by atoms with van der Waals surface area (Å²) in [5.74, 6) is -0.125. The maximum absolute atomic E-state index is 12.5. The van der Waals surface area contributed by atoms with Gasteiger partial charge in [-0.15, -0.1) is 0 Å². The van der Waals surface area contributed by atoms with Crippen LogP contribution in [0.3, 0.4) is 0 Å². The molecular weight excluding hydrogens is 302 g/mol. The molecule has 1 aliphatic rings. The van der Waals surface area contributed by atoms with Crippen molar-refractivity contribution in [2.24, 2.45) is 0 Å². The molecule has 0 saturated carbocycles. The van der Waals surface area contributed by atoms with Gasteiger partial charge in [-0.3, -0.25) is 4.79 Å². The lowest BCUT2D eigenvalue weighted by Gasteiger charge is -2.16. The third kappa shape index (κ3) is 2.83. The van der Waals surface area contributed by atoms with E-state index in [2.05, 4.69) is 11.4 Å². The number of carbonyl (C=O) groups is 1. The molecule has 0 aliphatic heterocycles. The Kier molecular flexibility index (Phi) is 3.65. The zero-order chi connectivity index (χ0) is 16.5. The van der Waals surface area contributed by atoms with Crippen molar-refractivity contribution in [3.63, 3.8) is 0 Å². The van der Waals surface area contributed by atoms with Gasteiger partial charge in [-0.2, -0.15) is 0 Å². The molecule has 1 aromatic heterocycles. The van der Waals surface area contributed by atoms with Gasteiger partial charge in [0.05, 0.1) is 0 Å². The molecule has 0 bridgehead atoms. The fourth-order valence-corrected chi connectivity index (χ4v) is 3.23. The first kappa shape index (κ1) is 14.7. The minimum Gasteiger partial charge on any atom is -0.423 e. The number of carbonyl (C=O) groups excluding carboxylic acids is 1.